The quantitative estimate of drug-likeness (QED) is 0.825. The summed E-state index contributed by atoms with van der Waals surface area (Å²) >= 11 is 6.15. The van der Waals surface area contributed by atoms with E-state index in [1.807, 2.05) is 0 Å². The molecule has 2 unspecified atom stereocenters. The number of hydrogen-bond donors (Lipinski definition) is 1. The van der Waals surface area contributed by atoms with E-state index < -0.39 is 11.7 Å². The first-order valence-corrected chi connectivity index (χ1v) is 6.34. The smallest absolute Gasteiger partial charge is 0.366 e. The Hall–Kier alpha value is -0.970. The van der Waals surface area contributed by atoms with Gasteiger partial charge < -0.3 is 5.32 Å². The highest BCUT2D eigenvalue weighted by Crippen LogP contribution is 2.31. The van der Waals surface area contributed by atoms with E-state index in [0.29, 0.717) is 0 Å². The SMILES string of the molecule is FC(F)(F)c1ccnc(NC2CCCCC2Cl)c1. The molecule has 1 aromatic rings. The normalized spacial score (nSPS) is 24.9. The van der Waals surface area contributed by atoms with Crippen LogP contribution in [0.25, 0.3) is 0 Å². The van der Waals surface area contributed by atoms with Crippen LogP contribution in [-0.2, 0) is 6.18 Å². The molecule has 2 rings (SSSR count). The molecule has 0 radical (unpaired) electrons. The van der Waals surface area contributed by atoms with Crippen LogP contribution in [0.3, 0.4) is 0 Å². The zero-order chi connectivity index (χ0) is 13.2. The van der Waals surface area contributed by atoms with Gasteiger partial charge in [-0.1, -0.05) is 12.8 Å². The molecule has 0 saturated heterocycles. The number of alkyl halides is 4. The first-order chi connectivity index (χ1) is 8.47. The molecule has 0 bridgehead atoms. The van der Waals surface area contributed by atoms with Crippen molar-refractivity contribution < 1.29 is 13.2 Å². The van der Waals surface area contributed by atoms with Gasteiger partial charge in [-0.25, -0.2) is 4.98 Å². The van der Waals surface area contributed by atoms with Gasteiger partial charge in [0.2, 0.25) is 0 Å². The number of aromatic nitrogens is 1. The number of hydrogen-bond acceptors (Lipinski definition) is 2. The van der Waals surface area contributed by atoms with Crippen molar-refractivity contribution in [2.45, 2.75) is 43.3 Å². The Morgan fingerprint density at radius 1 is 1.28 bits per heavy atom. The van der Waals surface area contributed by atoms with Crippen LogP contribution in [0.1, 0.15) is 31.2 Å². The van der Waals surface area contributed by atoms with E-state index in [9.17, 15) is 13.2 Å². The highest BCUT2D eigenvalue weighted by atomic mass is 35.5. The summed E-state index contributed by atoms with van der Waals surface area (Å²) in [7, 11) is 0. The standard InChI is InChI=1S/C12H14ClF3N2/c13-9-3-1-2-4-10(9)18-11-7-8(5-6-17-11)12(14,15)16/h5-7,9-10H,1-4H2,(H,17,18). The minimum absolute atomic E-state index is 0.00333. The van der Waals surface area contributed by atoms with Crippen LogP contribution in [0.2, 0.25) is 0 Å². The molecule has 100 valence electrons. The zero-order valence-corrected chi connectivity index (χ0v) is 10.4. The van der Waals surface area contributed by atoms with E-state index in [1.165, 1.54) is 0 Å². The van der Waals surface area contributed by atoms with Crippen molar-refractivity contribution in [2.24, 2.45) is 0 Å². The average Bonchev–Trinajstić information content (AvgIpc) is 2.31. The van der Waals surface area contributed by atoms with E-state index in [-0.39, 0.29) is 17.2 Å². The maximum atomic E-state index is 12.5. The molecule has 0 spiro atoms. The van der Waals surface area contributed by atoms with Crippen LogP contribution in [-0.4, -0.2) is 16.4 Å². The maximum Gasteiger partial charge on any atom is 0.416 e. The summed E-state index contributed by atoms with van der Waals surface area (Å²) in [6.07, 6.45) is 0.690. The molecule has 1 saturated carbocycles. The van der Waals surface area contributed by atoms with Crippen LogP contribution < -0.4 is 5.32 Å². The van der Waals surface area contributed by atoms with Crippen molar-refractivity contribution in [2.75, 3.05) is 5.32 Å². The summed E-state index contributed by atoms with van der Waals surface area (Å²) in [4.78, 5) is 3.91. The van der Waals surface area contributed by atoms with Gasteiger partial charge in [-0.15, -0.1) is 11.6 Å². The molecule has 2 nitrogen and oxygen atoms in total. The summed E-state index contributed by atoms with van der Waals surface area (Å²) in [5.41, 5.74) is -0.693. The molecule has 1 aliphatic carbocycles. The average molecular weight is 279 g/mol. The van der Waals surface area contributed by atoms with Gasteiger partial charge in [0, 0.05) is 12.2 Å². The first-order valence-electron chi connectivity index (χ1n) is 5.90. The number of halogens is 4. The van der Waals surface area contributed by atoms with Crippen LogP contribution in [0.15, 0.2) is 18.3 Å². The third-order valence-corrected chi connectivity index (χ3v) is 3.62. The summed E-state index contributed by atoms with van der Waals surface area (Å²) in [6, 6.07) is 1.99. The van der Waals surface area contributed by atoms with Gasteiger partial charge in [0.05, 0.1) is 10.9 Å². The van der Waals surface area contributed by atoms with Crippen molar-refractivity contribution in [1.29, 1.82) is 0 Å². The minimum atomic E-state index is -4.34. The predicted molar refractivity (Wildman–Crippen MR) is 64.8 cm³/mol. The molecule has 2 atom stereocenters. The predicted octanol–water partition coefficient (Wildman–Crippen LogP) is 4.06. The Kier molecular flexibility index (Phi) is 4.00. The molecule has 0 amide bonds. The molecule has 6 heteroatoms. The molecule has 1 N–H and O–H groups in total. The fourth-order valence-electron chi connectivity index (χ4n) is 2.12. The van der Waals surface area contributed by atoms with Gasteiger partial charge in [-0.05, 0) is 25.0 Å². The van der Waals surface area contributed by atoms with E-state index in [1.54, 1.807) is 0 Å². The molecule has 1 fully saturated rings. The number of anilines is 1. The van der Waals surface area contributed by atoms with E-state index in [2.05, 4.69) is 10.3 Å². The van der Waals surface area contributed by atoms with Gasteiger partial charge in [-0.3, -0.25) is 0 Å². The van der Waals surface area contributed by atoms with Gasteiger partial charge in [0.25, 0.3) is 0 Å². The summed E-state index contributed by atoms with van der Waals surface area (Å²) in [6.45, 7) is 0. The lowest BCUT2D eigenvalue weighted by Gasteiger charge is -2.28. The van der Waals surface area contributed by atoms with Gasteiger partial charge >= 0.3 is 6.18 Å². The number of rotatable bonds is 2. The van der Waals surface area contributed by atoms with E-state index >= 15 is 0 Å². The molecule has 18 heavy (non-hydrogen) atoms. The van der Waals surface area contributed by atoms with Crippen molar-refractivity contribution in [3.63, 3.8) is 0 Å². The second kappa shape index (κ2) is 5.34. The zero-order valence-electron chi connectivity index (χ0n) is 9.67. The molecule has 1 aliphatic rings. The molecular formula is C12H14ClF3N2. The Morgan fingerprint density at radius 2 is 2.00 bits per heavy atom. The van der Waals surface area contributed by atoms with E-state index in [4.69, 9.17) is 11.6 Å². The lowest BCUT2D eigenvalue weighted by molar-refractivity contribution is -0.137. The summed E-state index contributed by atoms with van der Waals surface area (Å²) in [5.74, 6) is 0.238. The molecular weight excluding hydrogens is 265 g/mol. The number of pyridine rings is 1. The summed E-state index contributed by atoms with van der Waals surface area (Å²) < 4.78 is 37.6. The van der Waals surface area contributed by atoms with Crippen LogP contribution in [0, 0.1) is 0 Å². The molecule has 0 aliphatic heterocycles. The lowest BCUT2D eigenvalue weighted by atomic mass is 9.95. The number of nitrogens with zero attached hydrogens (tertiary/aromatic N) is 1. The van der Waals surface area contributed by atoms with Crippen LogP contribution >= 0.6 is 11.6 Å². The van der Waals surface area contributed by atoms with Crippen molar-refractivity contribution in [3.8, 4) is 0 Å². The highest BCUT2D eigenvalue weighted by molar-refractivity contribution is 6.21. The minimum Gasteiger partial charge on any atom is -0.366 e. The van der Waals surface area contributed by atoms with Gasteiger partial charge in [-0.2, -0.15) is 13.2 Å². The van der Waals surface area contributed by atoms with E-state index in [0.717, 1.165) is 44.0 Å². The molecule has 1 heterocycles. The maximum absolute atomic E-state index is 12.5. The Balaban J connectivity index is 2.09. The van der Waals surface area contributed by atoms with Crippen LogP contribution in [0.4, 0.5) is 19.0 Å². The number of nitrogens with one attached hydrogen (secondary N) is 1. The first kappa shape index (κ1) is 13.5. The fraction of sp³-hybridized carbons (Fsp3) is 0.583. The lowest BCUT2D eigenvalue weighted by Crippen LogP contribution is -2.33. The van der Waals surface area contributed by atoms with Crippen molar-refractivity contribution in [1.82, 2.24) is 4.98 Å². The Labute approximate surface area is 109 Å². The van der Waals surface area contributed by atoms with Crippen molar-refractivity contribution in [3.05, 3.63) is 23.9 Å². The van der Waals surface area contributed by atoms with Crippen molar-refractivity contribution >= 4 is 17.4 Å². The molecule has 1 aromatic heterocycles. The monoisotopic (exact) mass is 278 g/mol. The van der Waals surface area contributed by atoms with Crippen LogP contribution in [0.5, 0.6) is 0 Å². The molecule has 0 aromatic carbocycles. The largest absolute Gasteiger partial charge is 0.416 e. The highest BCUT2D eigenvalue weighted by Gasteiger charge is 2.31. The second-order valence-corrected chi connectivity index (χ2v) is 5.04. The van der Waals surface area contributed by atoms with Gasteiger partial charge in [0.15, 0.2) is 0 Å². The third kappa shape index (κ3) is 3.28. The topological polar surface area (TPSA) is 24.9 Å². The fourth-order valence-corrected chi connectivity index (χ4v) is 2.47. The third-order valence-electron chi connectivity index (χ3n) is 3.10. The summed E-state index contributed by atoms with van der Waals surface area (Å²) in [5, 5.41) is 2.95. The Bertz CT molecular complexity index is 409. The van der Waals surface area contributed by atoms with Gasteiger partial charge in [0.1, 0.15) is 5.82 Å². The Morgan fingerprint density at radius 3 is 2.67 bits per heavy atom. The second-order valence-electron chi connectivity index (χ2n) is 4.48.